The van der Waals surface area contributed by atoms with Gasteiger partial charge in [0.1, 0.15) is 5.76 Å². The molecule has 0 bridgehead atoms. The lowest BCUT2D eigenvalue weighted by molar-refractivity contribution is -0.170. The maximum atomic E-state index is 11.8. The van der Waals surface area contributed by atoms with E-state index in [-0.39, 0.29) is 5.76 Å². The van der Waals surface area contributed by atoms with E-state index >= 15 is 0 Å². The van der Waals surface area contributed by atoms with Gasteiger partial charge in [-0.05, 0) is 19.1 Å². The van der Waals surface area contributed by atoms with Crippen molar-refractivity contribution >= 4 is 11.6 Å². The fourth-order valence-corrected chi connectivity index (χ4v) is 0.918. The van der Waals surface area contributed by atoms with Gasteiger partial charge < -0.3 is 4.42 Å². The zero-order chi connectivity index (χ0) is 11.6. The van der Waals surface area contributed by atoms with Crippen molar-refractivity contribution in [3.05, 3.63) is 23.7 Å². The highest BCUT2D eigenvalue weighted by molar-refractivity contribution is 6.08. The van der Waals surface area contributed by atoms with Crippen molar-refractivity contribution in [1.82, 2.24) is 0 Å². The van der Waals surface area contributed by atoms with Crippen molar-refractivity contribution in [3.8, 4) is 0 Å². The molecule has 0 spiro atoms. The van der Waals surface area contributed by atoms with Gasteiger partial charge in [0.25, 0.3) is 0 Å². The highest BCUT2D eigenvalue weighted by Crippen LogP contribution is 2.19. The van der Waals surface area contributed by atoms with Crippen LogP contribution < -0.4 is 0 Å². The number of hydrogen-bond donors (Lipinski definition) is 0. The Kier molecular flexibility index (Phi) is 2.97. The standard InChI is InChI=1S/C9H7F3O3/c1-5-2-3-7(15-5)6(13)4-8(14)9(10,11)12/h2-3H,4H2,1H3. The van der Waals surface area contributed by atoms with Gasteiger partial charge >= 0.3 is 6.18 Å². The van der Waals surface area contributed by atoms with Gasteiger partial charge in [0.05, 0.1) is 6.42 Å². The second-order valence-corrected chi connectivity index (χ2v) is 2.93. The maximum absolute atomic E-state index is 11.8. The number of ketones is 2. The minimum Gasteiger partial charge on any atom is -0.458 e. The summed E-state index contributed by atoms with van der Waals surface area (Å²) in [5.41, 5.74) is 0. The Bertz CT molecular complexity index is 390. The molecule has 0 aliphatic heterocycles. The van der Waals surface area contributed by atoms with Crippen LogP contribution in [-0.2, 0) is 4.79 Å². The van der Waals surface area contributed by atoms with Crippen LogP contribution in [0.5, 0.6) is 0 Å². The van der Waals surface area contributed by atoms with Crippen molar-refractivity contribution in [1.29, 1.82) is 0 Å². The largest absolute Gasteiger partial charge is 0.458 e. The normalized spacial score (nSPS) is 11.5. The smallest absolute Gasteiger partial charge is 0.450 e. The summed E-state index contributed by atoms with van der Waals surface area (Å²) in [6.07, 6.45) is -6.19. The van der Waals surface area contributed by atoms with Gasteiger partial charge in [-0.3, -0.25) is 9.59 Å². The molecule has 15 heavy (non-hydrogen) atoms. The Morgan fingerprint density at radius 3 is 2.33 bits per heavy atom. The monoisotopic (exact) mass is 220 g/mol. The number of furan rings is 1. The summed E-state index contributed by atoms with van der Waals surface area (Å²) in [7, 11) is 0. The van der Waals surface area contributed by atoms with E-state index in [1.807, 2.05) is 0 Å². The zero-order valence-corrected chi connectivity index (χ0v) is 7.72. The third-order valence-electron chi connectivity index (χ3n) is 1.65. The molecule has 6 heteroatoms. The first-order valence-electron chi connectivity index (χ1n) is 4.00. The molecule has 0 N–H and O–H groups in total. The van der Waals surface area contributed by atoms with Gasteiger partial charge in [-0.2, -0.15) is 13.2 Å². The van der Waals surface area contributed by atoms with Crippen molar-refractivity contribution < 1.29 is 27.2 Å². The van der Waals surface area contributed by atoms with Crippen LogP contribution in [0.2, 0.25) is 0 Å². The first-order chi connectivity index (χ1) is 6.80. The first-order valence-corrected chi connectivity index (χ1v) is 4.00. The molecule has 0 aliphatic carbocycles. The third-order valence-corrected chi connectivity index (χ3v) is 1.65. The van der Waals surface area contributed by atoms with E-state index in [1.165, 1.54) is 12.1 Å². The van der Waals surface area contributed by atoms with E-state index < -0.39 is 24.2 Å². The minimum absolute atomic E-state index is 0.231. The van der Waals surface area contributed by atoms with E-state index in [4.69, 9.17) is 4.42 Å². The topological polar surface area (TPSA) is 47.3 Å². The summed E-state index contributed by atoms with van der Waals surface area (Å²) in [5, 5.41) is 0. The van der Waals surface area contributed by atoms with E-state index in [1.54, 1.807) is 6.92 Å². The van der Waals surface area contributed by atoms with Crippen LogP contribution in [0.4, 0.5) is 13.2 Å². The molecule has 3 nitrogen and oxygen atoms in total. The molecule has 0 saturated carbocycles. The Morgan fingerprint density at radius 2 is 1.93 bits per heavy atom. The van der Waals surface area contributed by atoms with E-state index in [9.17, 15) is 22.8 Å². The summed E-state index contributed by atoms with van der Waals surface area (Å²) in [5.74, 6) is -2.87. The van der Waals surface area contributed by atoms with Gasteiger partial charge in [-0.25, -0.2) is 0 Å². The fraction of sp³-hybridized carbons (Fsp3) is 0.333. The van der Waals surface area contributed by atoms with Crippen LogP contribution in [0.1, 0.15) is 22.7 Å². The fourth-order valence-electron chi connectivity index (χ4n) is 0.918. The first kappa shape index (κ1) is 11.5. The molecule has 0 atom stereocenters. The lowest BCUT2D eigenvalue weighted by atomic mass is 10.1. The summed E-state index contributed by atoms with van der Waals surface area (Å²) in [6.45, 7) is 1.54. The van der Waals surface area contributed by atoms with Crippen LogP contribution in [0.25, 0.3) is 0 Å². The van der Waals surface area contributed by atoms with Crippen LogP contribution in [0.15, 0.2) is 16.5 Å². The Hall–Kier alpha value is -1.59. The third kappa shape index (κ3) is 2.93. The molecule has 0 amide bonds. The predicted octanol–water partition coefficient (Wildman–Crippen LogP) is 2.29. The summed E-state index contributed by atoms with van der Waals surface area (Å²) >= 11 is 0. The van der Waals surface area contributed by atoms with Crippen LogP contribution in [-0.4, -0.2) is 17.7 Å². The van der Waals surface area contributed by atoms with E-state index in [0.717, 1.165) is 0 Å². The molecule has 0 saturated heterocycles. The molecule has 1 heterocycles. The van der Waals surface area contributed by atoms with Crippen molar-refractivity contribution in [3.63, 3.8) is 0 Å². The molecule has 0 fully saturated rings. The van der Waals surface area contributed by atoms with Crippen molar-refractivity contribution in [2.75, 3.05) is 0 Å². The predicted molar refractivity (Wildman–Crippen MR) is 43.5 cm³/mol. The Balaban J connectivity index is 2.69. The molecule has 1 rings (SSSR count). The number of halogens is 3. The summed E-state index contributed by atoms with van der Waals surface area (Å²) in [4.78, 5) is 21.6. The highest BCUT2D eigenvalue weighted by Gasteiger charge is 2.39. The Labute approximate surface area is 82.9 Å². The molecule has 82 valence electrons. The average molecular weight is 220 g/mol. The number of rotatable bonds is 3. The van der Waals surface area contributed by atoms with Gasteiger partial charge in [0.2, 0.25) is 11.6 Å². The number of Topliss-reactive ketones (excluding diaryl/α,β-unsaturated/α-hetero) is 2. The zero-order valence-electron chi connectivity index (χ0n) is 7.72. The minimum atomic E-state index is -4.97. The second-order valence-electron chi connectivity index (χ2n) is 2.93. The lowest BCUT2D eigenvalue weighted by Gasteiger charge is -2.02. The number of carbonyl (C=O) groups excluding carboxylic acids is 2. The van der Waals surface area contributed by atoms with Crippen LogP contribution >= 0.6 is 0 Å². The van der Waals surface area contributed by atoms with Gasteiger partial charge in [-0.15, -0.1) is 0 Å². The van der Waals surface area contributed by atoms with Crippen LogP contribution in [0.3, 0.4) is 0 Å². The van der Waals surface area contributed by atoms with Gasteiger partial charge in [0, 0.05) is 0 Å². The molecular weight excluding hydrogens is 213 g/mol. The number of hydrogen-bond acceptors (Lipinski definition) is 3. The van der Waals surface area contributed by atoms with Gasteiger partial charge in [-0.1, -0.05) is 0 Å². The quantitative estimate of drug-likeness (QED) is 0.580. The number of aryl methyl sites for hydroxylation is 1. The number of alkyl halides is 3. The molecule has 1 aromatic heterocycles. The summed E-state index contributed by atoms with van der Waals surface area (Å²) in [6, 6.07) is 2.67. The molecule has 1 aromatic rings. The Morgan fingerprint density at radius 1 is 1.33 bits per heavy atom. The van der Waals surface area contributed by atoms with Gasteiger partial charge in [0.15, 0.2) is 5.76 Å². The second kappa shape index (κ2) is 3.88. The highest BCUT2D eigenvalue weighted by atomic mass is 19.4. The van der Waals surface area contributed by atoms with Crippen molar-refractivity contribution in [2.45, 2.75) is 19.5 Å². The van der Waals surface area contributed by atoms with Crippen molar-refractivity contribution in [2.24, 2.45) is 0 Å². The van der Waals surface area contributed by atoms with Crippen LogP contribution in [0, 0.1) is 6.92 Å². The number of carbonyl (C=O) groups is 2. The molecule has 0 aliphatic rings. The molecule has 0 unspecified atom stereocenters. The van der Waals surface area contributed by atoms with E-state index in [0.29, 0.717) is 5.76 Å². The summed E-state index contributed by atoms with van der Waals surface area (Å²) < 4.78 is 40.2. The lowest BCUT2D eigenvalue weighted by Crippen LogP contribution is -2.25. The molecular formula is C9H7F3O3. The molecule has 0 radical (unpaired) electrons. The molecule has 0 aromatic carbocycles. The van der Waals surface area contributed by atoms with E-state index in [2.05, 4.69) is 0 Å². The average Bonchev–Trinajstić information content (AvgIpc) is 2.50. The SMILES string of the molecule is Cc1ccc(C(=O)CC(=O)C(F)(F)F)o1. The maximum Gasteiger partial charge on any atom is 0.450 e.